The molecule has 1 aromatic carbocycles. The molecule has 2 aromatic rings. The average molecular weight is 269 g/mol. The first kappa shape index (κ1) is 12.0. The molecule has 0 saturated heterocycles. The van der Waals surface area contributed by atoms with Crippen molar-refractivity contribution in [3.8, 4) is 5.75 Å². The van der Waals surface area contributed by atoms with Gasteiger partial charge in [0.1, 0.15) is 12.4 Å². The lowest BCUT2D eigenvalue weighted by molar-refractivity contribution is 0.0697. The van der Waals surface area contributed by atoms with Crippen molar-refractivity contribution in [2.45, 2.75) is 6.61 Å². The predicted octanol–water partition coefficient (Wildman–Crippen LogP) is 3.68. The number of rotatable bonds is 4. The molecular weight excluding hydrogens is 260 g/mol. The molecule has 0 unspecified atom stereocenters. The van der Waals surface area contributed by atoms with E-state index in [-0.39, 0.29) is 4.88 Å². The summed E-state index contributed by atoms with van der Waals surface area (Å²) in [7, 11) is 0. The fraction of sp³-hybridized carbons (Fsp3) is 0.0833. The number of carbonyl (C=O) groups is 1. The third-order valence-electron chi connectivity index (χ3n) is 2.10. The molecular formula is C12H9ClO3S. The maximum Gasteiger partial charge on any atom is 0.349 e. The zero-order chi connectivity index (χ0) is 12.3. The number of ether oxygens (including phenoxy) is 1. The van der Waals surface area contributed by atoms with Crippen LogP contribution in [0.25, 0.3) is 0 Å². The molecule has 0 saturated carbocycles. The van der Waals surface area contributed by atoms with Gasteiger partial charge in [0.05, 0.1) is 4.34 Å². The van der Waals surface area contributed by atoms with Gasteiger partial charge in [0.25, 0.3) is 0 Å². The maximum absolute atomic E-state index is 10.9. The van der Waals surface area contributed by atoms with Gasteiger partial charge in [-0.1, -0.05) is 41.9 Å². The number of thiophene rings is 1. The molecule has 0 spiro atoms. The van der Waals surface area contributed by atoms with Gasteiger partial charge >= 0.3 is 5.97 Å². The van der Waals surface area contributed by atoms with Gasteiger partial charge in [-0.25, -0.2) is 4.79 Å². The molecule has 0 aliphatic carbocycles. The molecule has 17 heavy (non-hydrogen) atoms. The van der Waals surface area contributed by atoms with Crippen molar-refractivity contribution in [2.75, 3.05) is 0 Å². The van der Waals surface area contributed by atoms with Gasteiger partial charge in [0, 0.05) is 6.07 Å². The minimum Gasteiger partial charge on any atom is -0.487 e. The van der Waals surface area contributed by atoms with Crippen LogP contribution < -0.4 is 4.74 Å². The summed E-state index contributed by atoms with van der Waals surface area (Å²) >= 11 is 6.77. The van der Waals surface area contributed by atoms with Crippen LogP contribution in [0.15, 0.2) is 36.4 Å². The Labute approximate surface area is 107 Å². The van der Waals surface area contributed by atoms with Crippen LogP contribution in [0.5, 0.6) is 5.75 Å². The fourth-order valence-electron chi connectivity index (χ4n) is 1.34. The number of hydrogen-bond acceptors (Lipinski definition) is 3. The highest BCUT2D eigenvalue weighted by Crippen LogP contribution is 2.33. The number of benzene rings is 1. The van der Waals surface area contributed by atoms with Crippen LogP contribution in [0.3, 0.4) is 0 Å². The van der Waals surface area contributed by atoms with Gasteiger partial charge in [-0.05, 0) is 5.56 Å². The van der Waals surface area contributed by atoms with Crippen molar-refractivity contribution in [1.29, 1.82) is 0 Å². The summed E-state index contributed by atoms with van der Waals surface area (Å²) in [6, 6.07) is 11.1. The largest absolute Gasteiger partial charge is 0.487 e. The van der Waals surface area contributed by atoms with Crippen molar-refractivity contribution in [3.05, 3.63) is 51.2 Å². The van der Waals surface area contributed by atoms with Crippen LogP contribution in [0.1, 0.15) is 15.2 Å². The summed E-state index contributed by atoms with van der Waals surface area (Å²) in [5.41, 5.74) is 0.978. The van der Waals surface area contributed by atoms with E-state index in [0.29, 0.717) is 16.7 Å². The monoisotopic (exact) mass is 268 g/mol. The lowest BCUT2D eigenvalue weighted by atomic mass is 10.2. The Morgan fingerprint density at radius 1 is 1.35 bits per heavy atom. The van der Waals surface area contributed by atoms with E-state index in [4.69, 9.17) is 21.4 Å². The second-order valence-electron chi connectivity index (χ2n) is 3.32. The Bertz CT molecular complexity index is 522. The van der Waals surface area contributed by atoms with Gasteiger partial charge in [0.2, 0.25) is 0 Å². The normalized spacial score (nSPS) is 10.2. The molecule has 0 amide bonds. The Kier molecular flexibility index (Phi) is 3.66. The van der Waals surface area contributed by atoms with Crippen LogP contribution in [-0.2, 0) is 6.61 Å². The minimum absolute atomic E-state index is 0.130. The molecule has 2 rings (SSSR count). The van der Waals surface area contributed by atoms with Crippen LogP contribution >= 0.6 is 22.9 Å². The molecule has 0 aliphatic rings. The van der Waals surface area contributed by atoms with Crippen molar-refractivity contribution < 1.29 is 14.6 Å². The summed E-state index contributed by atoms with van der Waals surface area (Å²) in [6.07, 6.45) is 0. The molecule has 1 heterocycles. The zero-order valence-corrected chi connectivity index (χ0v) is 10.3. The standard InChI is InChI=1S/C12H9ClO3S/c13-10-6-9(11(17-10)12(14)15)16-7-8-4-2-1-3-5-8/h1-6H,7H2,(H,14,15). The lowest BCUT2D eigenvalue weighted by Gasteiger charge is -2.04. The molecule has 1 N–H and O–H groups in total. The maximum atomic E-state index is 10.9. The molecule has 3 nitrogen and oxygen atoms in total. The van der Waals surface area contributed by atoms with E-state index in [0.717, 1.165) is 16.9 Å². The Morgan fingerprint density at radius 2 is 2.06 bits per heavy atom. The molecule has 1 aromatic heterocycles. The SMILES string of the molecule is O=C(O)c1sc(Cl)cc1OCc1ccccc1. The number of hydrogen-bond donors (Lipinski definition) is 1. The smallest absolute Gasteiger partial charge is 0.349 e. The molecule has 0 aliphatic heterocycles. The third kappa shape index (κ3) is 2.99. The molecule has 0 atom stereocenters. The Balaban J connectivity index is 2.11. The molecule has 88 valence electrons. The second-order valence-corrected chi connectivity index (χ2v) is 5.01. The van der Waals surface area contributed by atoms with E-state index in [1.807, 2.05) is 30.3 Å². The van der Waals surface area contributed by atoms with E-state index in [1.165, 1.54) is 6.07 Å². The van der Waals surface area contributed by atoms with Gasteiger partial charge in [-0.15, -0.1) is 11.3 Å². The molecule has 5 heteroatoms. The summed E-state index contributed by atoms with van der Waals surface area (Å²) in [5.74, 6) is -0.707. The van der Waals surface area contributed by atoms with Crippen LogP contribution in [-0.4, -0.2) is 11.1 Å². The highest BCUT2D eigenvalue weighted by molar-refractivity contribution is 7.18. The third-order valence-corrected chi connectivity index (χ3v) is 3.33. The van der Waals surface area contributed by atoms with Crippen LogP contribution in [0, 0.1) is 0 Å². The van der Waals surface area contributed by atoms with E-state index in [9.17, 15) is 4.79 Å². The zero-order valence-electron chi connectivity index (χ0n) is 8.72. The number of carboxylic acids is 1. The van der Waals surface area contributed by atoms with Gasteiger partial charge < -0.3 is 9.84 Å². The van der Waals surface area contributed by atoms with E-state index < -0.39 is 5.97 Å². The molecule has 0 fully saturated rings. The van der Waals surface area contributed by atoms with E-state index in [1.54, 1.807) is 0 Å². The van der Waals surface area contributed by atoms with Crippen LogP contribution in [0.2, 0.25) is 4.34 Å². The van der Waals surface area contributed by atoms with Gasteiger partial charge in [-0.3, -0.25) is 0 Å². The van der Waals surface area contributed by atoms with Gasteiger partial charge in [0.15, 0.2) is 4.88 Å². The van der Waals surface area contributed by atoms with E-state index >= 15 is 0 Å². The van der Waals surface area contributed by atoms with Gasteiger partial charge in [-0.2, -0.15) is 0 Å². The first-order valence-electron chi connectivity index (χ1n) is 4.86. The second kappa shape index (κ2) is 5.21. The van der Waals surface area contributed by atoms with Crippen molar-refractivity contribution >= 4 is 28.9 Å². The van der Waals surface area contributed by atoms with Crippen molar-refractivity contribution in [3.63, 3.8) is 0 Å². The topological polar surface area (TPSA) is 46.5 Å². The summed E-state index contributed by atoms with van der Waals surface area (Å²) in [6.45, 7) is 0.328. The lowest BCUT2D eigenvalue weighted by Crippen LogP contribution is -1.99. The van der Waals surface area contributed by atoms with E-state index in [2.05, 4.69) is 0 Å². The highest BCUT2D eigenvalue weighted by Gasteiger charge is 2.15. The highest BCUT2D eigenvalue weighted by atomic mass is 35.5. The predicted molar refractivity (Wildman–Crippen MR) is 67.1 cm³/mol. The molecule has 0 radical (unpaired) electrons. The molecule has 0 bridgehead atoms. The quantitative estimate of drug-likeness (QED) is 0.920. The first-order chi connectivity index (χ1) is 8.16. The summed E-state index contributed by atoms with van der Waals surface area (Å²) in [4.78, 5) is 11.0. The first-order valence-corrected chi connectivity index (χ1v) is 6.05. The van der Waals surface area contributed by atoms with Crippen molar-refractivity contribution in [1.82, 2.24) is 0 Å². The number of halogens is 1. The number of carboxylic acid groups (broad SMARTS) is 1. The minimum atomic E-state index is -1.02. The Hall–Kier alpha value is -1.52. The Morgan fingerprint density at radius 3 is 2.71 bits per heavy atom. The fourth-order valence-corrected chi connectivity index (χ4v) is 2.33. The summed E-state index contributed by atoms with van der Waals surface area (Å²) in [5, 5.41) is 8.95. The van der Waals surface area contributed by atoms with Crippen LogP contribution in [0.4, 0.5) is 0 Å². The number of aromatic carboxylic acids is 1. The van der Waals surface area contributed by atoms with Crippen molar-refractivity contribution in [2.24, 2.45) is 0 Å². The average Bonchev–Trinajstić information content (AvgIpc) is 2.69. The summed E-state index contributed by atoms with van der Waals surface area (Å²) < 4.78 is 5.86.